The summed E-state index contributed by atoms with van der Waals surface area (Å²) in [4.78, 5) is 33.9. The number of piperidine rings is 1. The molecule has 2 fully saturated rings. The van der Waals surface area contributed by atoms with Crippen molar-refractivity contribution in [3.8, 4) is 0 Å². The van der Waals surface area contributed by atoms with Gasteiger partial charge in [-0.15, -0.1) is 0 Å². The smallest absolute Gasteiger partial charge is 0.272 e. The van der Waals surface area contributed by atoms with Crippen LogP contribution in [0.15, 0.2) is 48.7 Å². The topological polar surface area (TPSA) is 62.7 Å². The molecule has 162 valence electrons. The second-order valence-corrected chi connectivity index (χ2v) is 8.97. The molecule has 0 N–H and O–H groups in total. The minimum Gasteiger partial charge on any atom is -0.378 e. The number of ether oxygens (including phenoxy) is 1. The average Bonchev–Trinajstić information content (AvgIpc) is 3.13. The maximum absolute atomic E-state index is 12.9. The van der Waals surface area contributed by atoms with E-state index in [-0.39, 0.29) is 23.1 Å². The van der Waals surface area contributed by atoms with Crippen molar-refractivity contribution in [2.45, 2.75) is 37.0 Å². The summed E-state index contributed by atoms with van der Waals surface area (Å²) in [5.41, 5.74) is 3.29. The monoisotopic (exact) mass is 419 g/mol. The number of aromatic nitrogens is 1. The molecule has 2 amide bonds. The number of pyridine rings is 1. The van der Waals surface area contributed by atoms with Crippen molar-refractivity contribution in [1.82, 2.24) is 14.8 Å². The molecule has 1 aromatic heterocycles. The van der Waals surface area contributed by atoms with E-state index in [4.69, 9.17) is 4.74 Å². The molecule has 3 heterocycles. The Bertz CT molecular complexity index is 947. The van der Waals surface area contributed by atoms with Crippen LogP contribution in [-0.4, -0.2) is 66.0 Å². The van der Waals surface area contributed by atoms with Gasteiger partial charge in [0, 0.05) is 38.8 Å². The molecule has 0 radical (unpaired) electrons. The summed E-state index contributed by atoms with van der Waals surface area (Å²) in [5, 5.41) is 0. The zero-order valence-electron chi connectivity index (χ0n) is 17.8. The number of hydrogen-bond acceptors (Lipinski definition) is 4. The van der Waals surface area contributed by atoms with Gasteiger partial charge >= 0.3 is 0 Å². The van der Waals surface area contributed by atoms with Gasteiger partial charge in [0.15, 0.2) is 0 Å². The van der Waals surface area contributed by atoms with Crippen LogP contribution < -0.4 is 0 Å². The summed E-state index contributed by atoms with van der Waals surface area (Å²) >= 11 is 0. The van der Waals surface area contributed by atoms with Crippen LogP contribution in [0.4, 0.5) is 0 Å². The van der Waals surface area contributed by atoms with Crippen LogP contribution in [-0.2, 0) is 14.9 Å². The van der Waals surface area contributed by atoms with E-state index in [2.05, 4.69) is 29.2 Å². The summed E-state index contributed by atoms with van der Waals surface area (Å²) in [6.45, 7) is 4.13. The first-order valence-corrected chi connectivity index (χ1v) is 11.3. The number of nitrogens with zero attached hydrogens (tertiary/aromatic N) is 3. The molecule has 0 bridgehead atoms. The molecular formula is C25H29N3O3. The van der Waals surface area contributed by atoms with Gasteiger partial charge in [-0.05, 0) is 53.9 Å². The number of hydrogen-bond donors (Lipinski definition) is 0. The van der Waals surface area contributed by atoms with Gasteiger partial charge in [-0.1, -0.05) is 30.3 Å². The Morgan fingerprint density at radius 1 is 0.968 bits per heavy atom. The van der Waals surface area contributed by atoms with Gasteiger partial charge < -0.3 is 14.5 Å². The van der Waals surface area contributed by atoms with Crippen molar-refractivity contribution >= 4 is 11.8 Å². The zero-order valence-corrected chi connectivity index (χ0v) is 17.8. The summed E-state index contributed by atoms with van der Waals surface area (Å²) in [5.74, 6) is 0.508. The Balaban J connectivity index is 1.30. The van der Waals surface area contributed by atoms with E-state index in [0.717, 1.165) is 32.4 Å². The highest BCUT2D eigenvalue weighted by molar-refractivity contribution is 5.92. The maximum atomic E-state index is 12.9. The van der Waals surface area contributed by atoms with Crippen molar-refractivity contribution in [2.24, 2.45) is 0 Å². The maximum Gasteiger partial charge on any atom is 0.272 e. The second-order valence-electron chi connectivity index (χ2n) is 8.97. The SMILES string of the molecule is O=C(CC1CC2(CCN(C(=O)c3ccccn3)CC2)c2ccccc21)N1CCOCC1. The third-order valence-electron chi connectivity index (χ3n) is 7.29. The Hall–Kier alpha value is -2.73. The van der Waals surface area contributed by atoms with Crippen LogP contribution in [0.3, 0.4) is 0 Å². The van der Waals surface area contributed by atoms with Gasteiger partial charge in [0.25, 0.3) is 5.91 Å². The molecule has 1 spiro atoms. The minimum atomic E-state index is 0.0146. The number of likely N-dealkylation sites (tertiary alicyclic amines) is 1. The molecule has 2 saturated heterocycles. The van der Waals surface area contributed by atoms with Gasteiger partial charge in [0.1, 0.15) is 5.69 Å². The lowest BCUT2D eigenvalue weighted by Crippen LogP contribution is -2.44. The Morgan fingerprint density at radius 2 is 1.71 bits per heavy atom. The van der Waals surface area contributed by atoms with E-state index in [1.807, 2.05) is 21.9 Å². The summed E-state index contributed by atoms with van der Waals surface area (Å²) in [7, 11) is 0. The fourth-order valence-electron chi connectivity index (χ4n) is 5.62. The van der Waals surface area contributed by atoms with E-state index >= 15 is 0 Å². The molecule has 1 unspecified atom stereocenters. The van der Waals surface area contributed by atoms with Crippen molar-refractivity contribution in [2.75, 3.05) is 39.4 Å². The fraction of sp³-hybridized carbons (Fsp3) is 0.480. The lowest BCUT2D eigenvalue weighted by Gasteiger charge is -2.40. The number of carbonyl (C=O) groups excluding carboxylic acids is 2. The van der Waals surface area contributed by atoms with Crippen molar-refractivity contribution in [1.29, 1.82) is 0 Å². The van der Waals surface area contributed by atoms with E-state index in [1.165, 1.54) is 11.1 Å². The largest absolute Gasteiger partial charge is 0.378 e. The van der Waals surface area contributed by atoms with Gasteiger partial charge in [0.2, 0.25) is 5.91 Å². The number of fused-ring (bicyclic) bond motifs is 2. The Morgan fingerprint density at radius 3 is 2.45 bits per heavy atom. The van der Waals surface area contributed by atoms with Crippen LogP contribution in [0.5, 0.6) is 0 Å². The van der Waals surface area contributed by atoms with E-state index in [0.29, 0.717) is 38.4 Å². The molecule has 2 aromatic rings. The quantitative estimate of drug-likeness (QED) is 0.767. The van der Waals surface area contributed by atoms with Gasteiger partial charge in [0.05, 0.1) is 13.2 Å². The Kier molecular flexibility index (Phi) is 5.48. The third kappa shape index (κ3) is 3.85. The predicted octanol–water partition coefficient (Wildman–Crippen LogP) is 2.99. The second kappa shape index (κ2) is 8.42. The predicted molar refractivity (Wildman–Crippen MR) is 117 cm³/mol. The molecule has 2 aliphatic heterocycles. The standard InChI is InChI=1S/C25H29N3O3/c29-23(27-13-15-31-16-14-27)17-19-18-25(21-6-2-1-5-20(19)21)8-11-28(12-9-25)24(30)22-7-3-4-10-26-22/h1-7,10,19H,8-9,11-18H2. The highest BCUT2D eigenvalue weighted by Crippen LogP contribution is 2.52. The molecule has 5 rings (SSSR count). The normalized spacial score (nSPS) is 22.4. The third-order valence-corrected chi connectivity index (χ3v) is 7.29. The first kappa shape index (κ1) is 20.2. The van der Waals surface area contributed by atoms with Crippen molar-refractivity contribution < 1.29 is 14.3 Å². The molecule has 6 heteroatoms. The molecule has 3 aliphatic rings. The highest BCUT2D eigenvalue weighted by atomic mass is 16.5. The Labute approximate surface area is 183 Å². The van der Waals surface area contributed by atoms with Crippen molar-refractivity contribution in [3.63, 3.8) is 0 Å². The molecule has 1 atom stereocenters. The molecule has 31 heavy (non-hydrogen) atoms. The van der Waals surface area contributed by atoms with E-state index in [9.17, 15) is 9.59 Å². The van der Waals surface area contributed by atoms with Crippen LogP contribution in [0.25, 0.3) is 0 Å². The number of amides is 2. The number of morpholine rings is 1. The first-order chi connectivity index (χ1) is 15.2. The van der Waals surface area contributed by atoms with Crippen LogP contribution in [0.1, 0.15) is 53.2 Å². The molecule has 6 nitrogen and oxygen atoms in total. The van der Waals surface area contributed by atoms with Crippen molar-refractivity contribution in [3.05, 3.63) is 65.5 Å². The summed E-state index contributed by atoms with van der Waals surface area (Å²) < 4.78 is 5.40. The fourth-order valence-corrected chi connectivity index (χ4v) is 5.62. The van der Waals surface area contributed by atoms with Crippen LogP contribution in [0.2, 0.25) is 0 Å². The van der Waals surface area contributed by atoms with Gasteiger partial charge in [-0.2, -0.15) is 0 Å². The number of rotatable bonds is 3. The number of carbonyl (C=O) groups is 2. The zero-order chi connectivity index (χ0) is 21.3. The summed E-state index contributed by atoms with van der Waals surface area (Å²) in [6.07, 6.45) is 5.10. The average molecular weight is 420 g/mol. The van der Waals surface area contributed by atoms with Crippen LogP contribution in [0, 0.1) is 0 Å². The highest BCUT2D eigenvalue weighted by Gasteiger charge is 2.46. The van der Waals surface area contributed by atoms with Gasteiger partial charge in [-0.3, -0.25) is 14.6 Å². The molecule has 1 aromatic carbocycles. The van der Waals surface area contributed by atoms with Crippen LogP contribution >= 0.6 is 0 Å². The summed E-state index contributed by atoms with van der Waals surface area (Å²) in [6, 6.07) is 14.1. The number of benzene rings is 1. The van der Waals surface area contributed by atoms with E-state index < -0.39 is 0 Å². The minimum absolute atomic E-state index is 0.0146. The first-order valence-electron chi connectivity index (χ1n) is 11.3. The van der Waals surface area contributed by atoms with E-state index in [1.54, 1.807) is 12.3 Å². The van der Waals surface area contributed by atoms with Gasteiger partial charge in [-0.25, -0.2) is 0 Å². The molecule has 0 saturated carbocycles. The lowest BCUT2D eigenvalue weighted by atomic mass is 9.73. The molecule has 1 aliphatic carbocycles. The lowest BCUT2D eigenvalue weighted by molar-refractivity contribution is -0.135. The molecular weight excluding hydrogens is 390 g/mol.